The first-order valence-electron chi connectivity index (χ1n) is 4.07. The summed E-state index contributed by atoms with van der Waals surface area (Å²) >= 11 is 0. The van der Waals surface area contributed by atoms with Crippen molar-refractivity contribution >= 4 is 0 Å². The van der Waals surface area contributed by atoms with Gasteiger partial charge in [-0.05, 0) is 0 Å². The normalized spacial score (nSPS) is 10.8. The lowest BCUT2D eigenvalue weighted by Gasteiger charge is -1.91. The number of aromatic nitrogens is 1. The van der Waals surface area contributed by atoms with Gasteiger partial charge in [0.15, 0.2) is 5.76 Å². The molecule has 0 aliphatic rings. The topological polar surface area (TPSA) is 26.0 Å². The number of alkyl halides is 2. The first-order valence-corrected chi connectivity index (χ1v) is 4.07. The maximum absolute atomic E-state index is 12.2. The molecule has 0 fully saturated rings. The van der Waals surface area contributed by atoms with Crippen molar-refractivity contribution in [2.24, 2.45) is 0 Å². The van der Waals surface area contributed by atoms with Gasteiger partial charge in [-0.2, -0.15) is 0 Å². The number of benzene rings is 1. The number of halogens is 2. The van der Waals surface area contributed by atoms with Gasteiger partial charge in [-0.1, -0.05) is 35.5 Å². The Bertz CT molecular complexity index is 411. The maximum Gasteiger partial charge on any atom is 0.283 e. The molecule has 1 aromatic carbocycles. The molecule has 0 N–H and O–H groups in total. The van der Waals surface area contributed by atoms with Gasteiger partial charge in [0.05, 0.1) is 0 Å². The zero-order valence-corrected chi connectivity index (χ0v) is 7.15. The van der Waals surface area contributed by atoms with E-state index in [1.165, 1.54) is 6.07 Å². The van der Waals surface area contributed by atoms with Gasteiger partial charge >= 0.3 is 0 Å². The van der Waals surface area contributed by atoms with Gasteiger partial charge in [-0.15, -0.1) is 0 Å². The van der Waals surface area contributed by atoms with E-state index >= 15 is 0 Å². The second kappa shape index (κ2) is 3.57. The van der Waals surface area contributed by atoms with Gasteiger partial charge in [0, 0.05) is 11.6 Å². The molecule has 14 heavy (non-hydrogen) atoms. The highest BCUT2D eigenvalue weighted by Gasteiger charge is 2.14. The molecule has 0 aliphatic carbocycles. The van der Waals surface area contributed by atoms with Crippen molar-refractivity contribution in [3.63, 3.8) is 0 Å². The van der Waals surface area contributed by atoms with Crippen LogP contribution in [-0.4, -0.2) is 5.16 Å². The van der Waals surface area contributed by atoms with Crippen molar-refractivity contribution in [1.29, 1.82) is 0 Å². The average Bonchev–Trinajstić information content (AvgIpc) is 2.68. The predicted octanol–water partition coefficient (Wildman–Crippen LogP) is 3.28. The molecule has 2 aromatic rings. The standard InChI is InChI=1S/C10H7F2NO/c11-10(12)8-6-9(14-13-8)7-4-2-1-3-5-7/h1-6,10H. The van der Waals surface area contributed by atoms with Gasteiger partial charge in [-0.3, -0.25) is 0 Å². The van der Waals surface area contributed by atoms with Crippen LogP contribution in [0.25, 0.3) is 11.3 Å². The minimum Gasteiger partial charge on any atom is -0.356 e. The van der Waals surface area contributed by atoms with Crippen LogP contribution < -0.4 is 0 Å². The third-order valence-corrected chi connectivity index (χ3v) is 1.81. The molecule has 0 saturated heterocycles. The Kier molecular flexibility index (Phi) is 2.26. The van der Waals surface area contributed by atoms with E-state index < -0.39 is 6.43 Å². The van der Waals surface area contributed by atoms with Crippen LogP contribution in [-0.2, 0) is 0 Å². The number of rotatable bonds is 2. The molecule has 72 valence electrons. The molecule has 0 radical (unpaired) electrons. The zero-order chi connectivity index (χ0) is 9.97. The van der Waals surface area contributed by atoms with Gasteiger partial charge in [0.1, 0.15) is 5.69 Å². The smallest absolute Gasteiger partial charge is 0.283 e. The summed E-state index contributed by atoms with van der Waals surface area (Å²) in [5, 5.41) is 3.27. The summed E-state index contributed by atoms with van der Waals surface area (Å²) in [6.07, 6.45) is -2.59. The first-order chi connectivity index (χ1) is 6.77. The Morgan fingerprint density at radius 3 is 2.43 bits per heavy atom. The summed E-state index contributed by atoms with van der Waals surface area (Å²) in [5.74, 6) is 0.362. The Morgan fingerprint density at radius 1 is 1.14 bits per heavy atom. The third kappa shape index (κ3) is 1.64. The SMILES string of the molecule is FC(F)c1cc(-c2ccccc2)on1. The minimum absolute atomic E-state index is 0.330. The van der Waals surface area contributed by atoms with Crippen LogP contribution in [0.2, 0.25) is 0 Å². The summed E-state index contributed by atoms with van der Waals surface area (Å²) in [6.45, 7) is 0. The molecular formula is C10H7F2NO. The van der Waals surface area contributed by atoms with Crippen LogP contribution in [0.4, 0.5) is 8.78 Å². The van der Waals surface area contributed by atoms with Gasteiger partial charge in [0.2, 0.25) is 0 Å². The van der Waals surface area contributed by atoms with E-state index in [1.54, 1.807) is 24.3 Å². The Balaban J connectivity index is 2.34. The lowest BCUT2D eigenvalue weighted by molar-refractivity contribution is 0.140. The average molecular weight is 195 g/mol. The summed E-state index contributed by atoms with van der Waals surface area (Å²) < 4.78 is 29.1. The Labute approximate surface area is 79.1 Å². The molecule has 0 saturated carbocycles. The van der Waals surface area contributed by atoms with E-state index in [4.69, 9.17) is 4.52 Å². The molecule has 0 amide bonds. The van der Waals surface area contributed by atoms with Crippen molar-refractivity contribution < 1.29 is 13.3 Å². The first kappa shape index (κ1) is 8.87. The summed E-state index contributed by atoms with van der Waals surface area (Å²) in [5.41, 5.74) is 0.413. The second-order valence-corrected chi connectivity index (χ2v) is 2.78. The summed E-state index contributed by atoms with van der Waals surface area (Å²) in [6, 6.07) is 10.2. The van der Waals surface area contributed by atoms with Crippen molar-refractivity contribution in [3.8, 4) is 11.3 Å². The fraction of sp³-hybridized carbons (Fsp3) is 0.100. The fourth-order valence-electron chi connectivity index (χ4n) is 1.13. The molecule has 0 bridgehead atoms. The summed E-state index contributed by atoms with van der Waals surface area (Å²) in [7, 11) is 0. The van der Waals surface area contributed by atoms with Crippen molar-refractivity contribution in [1.82, 2.24) is 5.16 Å². The number of nitrogens with zero attached hydrogens (tertiary/aromatic N) is 1. The quantitative estimate of drug-likeness (QED) is 0.734. The molecule has 0 atom stereocenters. The van der Waals surface area contributed by atoms with Gasteiger partial charge < -0.3 is 4.52 Å². The second-order valence-electron chi connectivity index (χ2n) is 2.78. The van der Waals surface area contributed by atoms with Crippen LogP contribution >= 0.6 is 0 Å². The van der Waals surface area contributed by atoms with E-state index in [9.17, 15) is 8.78 Å². The molecule has 0 aliphatic heterocycles. The molecule has 2 rings (SSSR count). The molecule has 2 nitrogen and oxygen atoms in total. The molecule has 0 unspecified atom stereocenters. The molecule has 0 spiro atoms. The molecule has 4 heteroatoms. The van der Waals surface area contributed by atoms with Crippen LogP contribution in [0.5, 0.6) is 0 Å². The van der Waals surface area contributed by atoms with E-state index in [-0.39, 0.29) is 5.69 Å². The van der Waals surface area contributed by atoms with Crippen molar-refractivity contribution in [3.05, 3.63) is 42.1 Å². The monoisotopic (exact) mass is 195 g/mol. The highest BCUT2D eigenvalue weighted by Crippen LogP contribution is 2.24. The Morgan fingerprint density at radius 2 is 1.86 bits per heavy atom. The van der Waals surface area contributed by atoms with E-state index in [0.717, 1.165) is 5.56 Å². The molecule has 1 aromatic heterocycles. The third-order valence-electron chi connectivity index (χ3n) is 1.81. The van der Waals surface area contributed by atoms with Crippen molar-refractivity contribution in [2.45, 2.75) is 6.43 Å². The highest BCUT2D eigenvalue weighted by atomic mass is 19.3. The van der Waals surface area contributed by atoms with Crippen LogP contribution in [0.3, 0.4) is 0 Å². The van der Waals surface area contributed by atoms with E-state index in [2.05, 4.69) is 5.16 Å². The maximum atomic E-state index is 12.2. The summed E-state index contributed by atoms with van der Waals surface area (Å²) in [4.78, 5) is 0. The highest BCUT2D eigenvalue weighted by molar-refractivity contribution is 5.56. The van der Waals surface area contributed by atoms with Crippen LogP contribution in [0.15, 0.2) is 40.9 Å². The lowest BCUT2D eigenvalue weighted by atomic mass is 10.2. The zero-order valence-electron chi connectivity index (χ0n) is 7.15. The van der Waals surface area contributed by atoms with Crippen LogP contribution in [0, 0.1) is 0 Å². The van der Waals surface area contributed by atoms with E-state index in [1.807, 2.05) is 6.07 Å². The fourth-order valence-corrected chi connectivity index (χ4v) is 1.13. The van der Waals surface area contributed by atoms with Gasteiger partial charge in [0.25, 0.3) is 6.43 Å². The lowest BCUT2D eigenvalue weighted by Crippen LogP contribution is -1.80. The minimum atomic E-state index is -2.59. The predicted molar refractivity (Wildman–Crippen MR) is 46.9 cm³/mol. The molecular weight excluding hydrogens is 188 g/mol. The van der Waals surface area contributed by atoms with Gasteiger partial charge in [-0.25, -0.2) is 8.78 Å². The van der Waals surface area contributed by atoms with E-state index in [0.29, 0.717) is 5.76 Å². The largest absolute Gasteiger partial charge is 0.356 e. The molecule has 1 heterocycles. The number of hydrogen-bond acceptors (Lipinski definition) is 2. The number of hydrogen-bond donors (Lipinski definition) is 0. The van der Waals surface area contributed by atoms with Crippen molar-refractivity contribution in [2.75, 3.05) is 0 Å². The van der Waals surface area contributed by atoms with Crippen LogP contribution in [0.1, 0.15) is 12.1 Å². The Hall–Kier alpha value is -1.71.